The molecular weight excluding hydrogens is 286 g/mol. The van der Waals surface area contributed by atoms with E-state index in [1.54, 1.807) is 18.2 Å². The first-order valence-electron chi connectivity index (χ1n) is 6.67. The number of esters is 2. The quantitative estimate of drug-likeness (QED) is 0.762. The van der Waals surface area contributed by atoms with Crippen molar-refractivity contribution in [3.63, 3.8) is 0 Å². The zero-order valence-electron chi connectivity index (χ0n) is 12.4. The van der Waals surface area contributed by atoms with Crippen LogP contribution >= 0.6 is 0 Å². The van der Waals surface area contributed by atoms with Crippen molar-refractivity contribution in [1.82, 2.24) is 4.57 Å². The van der Waals surface area contributed by atoms with E-state index in [0.717, 1.165) is 5.69 Å². The molecule has 0 aliphatic carbocycles. The Balaban J connectivity index is 2.15. The maximum atomic E-state index is 12.2. The Hall–Kier alpha value is -2.60. The molecule has 2 aromatic rings. The third kappa shape index (κ3) is 3.73. The second-order valence-electron chi connectivity index (χ2n) is 4.51. The van der Waals surface area contributed by atoms with Crippen LogP contribution in [0.5, 0.6) is 0 Å². The fourth-order valence-corrected chi connectivity index (χ4v) is 1.93. The van der Waals surface area contributed by atoms with Crippen molar-refractivity contribution in [3.8, 4) is 5.69 Å². The summed E-state index contributed by atoms with van der Waals surface area (Å²) in [7, 11) is 2.64. The number of ether oxygens (including phenoxy) is 3. The van der Waals surface area contributed by atoms with Crippen LogP contribution in [-0.2, 0) is 19.0 Å². The molecule has 6 nitrogen and oxygen atoms in total. The molecule has 0 unspecified atom stereocenters. The number of carbonyl (C=O) groups excluding carboxylic acids is 2. The zero-order chi connectivity index (χ0) is 15.9. The Morgan fingerprint density at radius 2 is 1.86 bits per heavy atom. The van der Waals surface area contributed by atoms with Crippen LogP contribution in [0, 0.1) is 0 Å². The van der Waals surface area contributed by atoms with E-state index in [2.05, 4.69) is 4.74 Å². The largest absolute Gasteiger partial charge is 0.466 e. The van der Waals surface area contributed by atoms with Crippen LogP contribution < -0.4 is 0 Å². The second-order valence-corrected chi connectivity index (χ2v) is 4.51. The van der Waals surface area contributed by atoms with E-state index in [1.165, 1.54) is 14.2 Å². The summed E-state index contributed by atoms with van der Waals surface area (Å²) in [6.45, 7) is -0.0598. The first-order chi connectivity index (χ1) is 10.7. The van der Waals surface area contributed by atoms with Gasteiger partial charge in [0, 0.05) is 25.2 Å². The highest BCUT2D eigenvalue weighted by molar-refractivity contribution is 5.92. The van der Waals surface area contributed by atoms with Gasteiger partial charge < -0.3 is 18.8 Å². The van der Waals surface area contributed by atoms with Crippen LogP contribution in [0.3, 0.4) is 0 Å². The van der Waals surface area contributed by atoms with Crippen LogP contribution in [0.2, 0.25) is 0 Å². The van der Waals surface area contributed by atoms with E-state index in [1.807, 2.05) is 35.2 Å². The number of methoxy groups -OCH3 is 2. The monoisotopic (exact) mass is 303 g/mol. The number of nitrogens with zero attached hydrogens (tertiary/aromatic N) is 1. The Labute approximate surface area is 128 Å². The van der Waals surface area contributed by atoms with Gasteiger partial charge in [-0.2, -0.15) is 0 Å². The number of rotatable bonds is 6. The van der Waals surface area contributed by atoms with Crippen molar-refractivity contribution in [1.29, 1.82) is 0 Å². The molecule has 22 heavy (non-hydrogen) atoms. The summed E-state index contributed by atoms with van der Waals surface area (Å²) in [5.41, 5.74) is 1.16. The summed E-state index contributed by atoms with van der Waals surface area (Å²) >= 11 is 0. The zero-order valence-corrected chi connectivity index (χ0v) is 12.4. The molecule has 1 aromatic carbocycles. The van der Waals surface area contributed by atoms with Gasteiger partial charge >= 0.3 is 11.9 Å². The van der Waals surface area contributed by atoms with Crippen LogP contribution in [0.25, 0.3) is 5.69 Å². The van der Waals surface area contributed by atoms with E-state index in [0.29, 0.717) is 5.56 Å². The van der Waals surface area contributed by atoms with E-state index in [4.69, 9.17) is 9.47 Å². The van der Waals surface area contributed by atoms with Gasteiger partial charge in [0.2, 0.25) is 6.10 Å². The van der Waals surface area contributed by atoms with Crippen molar-refractivity contribution < 1.29 is 23.8 Å². The summed E-state index contributed by atoms with van der Waals surface area (Å²) in [6, 6.07) is 10.7. The molecule has 0 radical (unpaired) electrons. The lowest BCUT2D eigenvalue weighted by Crippen LogP contribution is -2.32. The standard InChI is InChI=1S/C16H17NO5/c1-20-11-14(16(19)21-2)22-15(18)12-6-5-7-13(10-12)17-8-3-4-9-17/h3-10,14H,11H2,1-2H3/t14-/m0/s1. The van der Waals surface area contributed by atoms with Gasteiger partial charge in [-0.05, 0) is 30.3 Å². The minimum Gasteiger partial charge on any atom is -0.466 e. The normalized spacial score (nSPS) is 11.7. The van der Waals surface area contributed by atoms with Gasteiger partial charge in [-0.15, -0.1) is 0 Å². The van der Waals surface area contributed by atoms with Crippen molar-refractivity contribution in [2.45, 2.75) is 6.10 Å². The maximum absolute atomic E-state index is 12.2. The van der Waals surface area contributed by atoms with Crippen molar-refractivity contribution in [2.75, 3.05) is 20.8 Å². The fourth-order valence-electron chi connectivity index (χ4n) is 1.93. The summed E-state index contributed by atoms with van der Waals surface area (Å²) in [5, 5.41) is 0. The van der Waals surface area contributed by atoms with E-state index in [9.17, 15) is 9.59 Å². The van der Waals surface area contributed by atoms with Gasteiger partial charge in [-0.1, -0.05) is 6.07 Å². The molecular formula is C16H17NO5. The number of carbonyl (C=O) groups is 2. The predicted molar refractivity (Wildman–Crippen MR) is 78.9 cm³/mol. The third-order valence-corrected chi connectivity index (χ3v) is 3.02. The SMILES string of the molecule is COC[C@H](OC(=O)c1cccc(-n2cccc2)c1)C(=O)OC. The molecule has 1 aromatic heterocycles. The lowest BCUT2D eigenvalue weighted by atomic mass is 10.2. The summed E-state index contributed by atoms with van der Waals surface area (Å²) in [4.78, 5) is 23.7. The van der Waals surface area contributed by atoms with Gasteiger partial charge in [-0.25, -0.2) is 9.59 Å². The summed E-state index contributed by atoms with van der Waals surface area (Å²) in [6.07, 6.45) is 2.65. The smallest absolute Gasteiger partial charge is 0.349 e. The third-order valence-electron chi connectivity index (χ3n) is 3.02. The van der Waals surface area contributed by atoms with Crippen LogP contribution in [0.1, 0.15) is 10.4 Å². The molecule has 0 N–H and O–H groups in total. The highest BCUT2D eigenvalue weighted by atomic mass is 16.6. The molecule has 0 aliphatic heterocycles. The number of aromatic nitrogens is 1. The molecule has 0 bridgehead atoms. The molecule has 6 heteroatoms. The van der Waals surface area contributed by atoms with Crippen LogP contribution in [0.4, 0.5) is 0 Å². The molecule has 0 fully saturated rings. The summed E-state index contributed by atoms with van der Waals surface area (Å²) in [5.74, 6) is -1.27. The topological polar surface area (TPSA) is 66.8 Å². The minimum atomic E-state index is -1.09. The molecule has 0 spiro atoms. The lowest BCUT2D eigenvalue weighted by Gasteiger charge is -2.15. The first kappa shape index (κ1) is 15.8. The first-order valence-corrected chi connectivity index (χ1v) is 6.67. The maximum Gasteiger partial charge on any atom is 0.349 e. The minimum absolute atomic E-state index is 0.0598. The summed E-state index contributed by atoms with van der Waals surface area (Å²) < 4.78 is 16.5. The molecule has 116 valence electrons. The Morgan fingerprint density at radius 3 is 2.50 bits per heavy atom. The van der Waals surface area contributed by atoms with Gasteiger partial charge in [0.05, 0.1) is 19.3 Å². The van der Waals surface area contributed by atoms with Crippen LogP contribution in [0.15, 0.2) is 48.8 Å². The second kappa shape index (κ2) is 7.42. The van der Waals surface area contributed by atoms with Crippen molar-refractivity contribution in [2.24, 2.45) is 0 Å². The molecule has 1 atom stereocenters. The predicted octanol–water partition coefficient (Wildman–Crippen LogP) is 1.82. The van der Waals surface area contributed by atoms with E-state index < -0.39 is 18.0 Å². The van der Waals surface area contributed by atoms with Gasteiger partial charge in [0.15, 0.2) is 0 Å². The average Bonchev–Trinajstić information content (AvgIpc) is 3.08. The highest BCUT2D eigenvalue weighted by Crippen LogP contribution is 2.13. The van der Waals surface area contributed by atoms with Gasteiger partial charge in [-0.3, -0.25) is 0 Å². The Morgan fingerprint density at radius 1 is 1.14 bits per heavy atom. The number of hydrogen-bond donors (Lipinski definition) is 0. The highest BCUT2D eigenvalue weighted by Gasteiger charge is 2.24. The lowest BCUT2D eigenvalue weighted by molar-refractivity contribution is -0.153. The number of benzene rings is 1. The van der Waals surface area contributed by atoms with Crippen molar-refractivity contribution >= 4 is 11.9 Å². The molecule has 1 heterocycles. The molecule has 0 amide bonds. The van der Waals surface area contributed by atoms with E-state index >= 15 is 0 Å². The van der Waals surface area contributed by atoms with Crippen molar-refractivity contribution in [3.05, 3.63) is 54.4 Å². The van der Waals surface area contributed by atoms with Gasteiger partial charge in [0.25, 0.3) is 0 Å². The van der Waals surface area contributed by atoms with E-state index in [-0.39, 0.29) is 6.61 Å². The molecule has 0 saturated carbocycles. The molecule has 2 rings (SSSR count). The Bertz CT molecular complexity index is 636. The molecule has 0 aliphatic rings. The van der Waals surface area contributed by atoms with Gasteiger partial charge in [0.1, 0.15) is 0 Å². The fraction of sp³-hybridized carbons (Fsp3) is 0.250. The number of hydrogen-bond acceptors (Lipinski definition) is 5. The average molecular weight is 303 g/mol. The van der Waals surface area contributed by atoms with Crippen LogP contribution in [-0.4, -0.2) is 43.4 Å². The Kier molecular flexibility index (Phi) is 5.32. The molecule has 0 saturated heterocycles.